The van der Waals surface area contributed by atoms with Crippen molar-refractivity contribution in [3.05, 3.63) is 0 Å². The number of carbonyl (C=O) groups is 1. The highest BCUT2D eigenvalue weighted by Gasteiger charge is 2.72. The summed E-state index contributed by atoms with van der Waals surface area (Å²) in [5, 5.41) is 0. The van der Waals surface area contributed by atoms with Crippen LogP contribution in [0, 0.1) is 0 Å². The maximum Gasteiger partial charge on any atom is 0.341 e. The summed E-state index contributed by atoms with van der Waals surface area (Å²) in [5.74, 6) is -0.171. The van der Waals surface area contributed by atoms with E-state index in [9.17, 15) is 4.79 Å². The second-order valence-electron chi connectivity index (χ2n) is 4.12. The number of carbonyl (C=O) groups excluding carboxylic acids is 1. The number of hydrogen-bond donors (Lipinski definition) is 0. The summed E-state index contributed by atoms with van der Waals surface area (Å²) in [6.45, 7) is 8.60. The molecule has 0 aromatic carbocycles. The first-order valence-corrected chi connectivity index (χ1v) is 5.99. The lowest BCUT2D eigenvalue weighted by atomic mass is 9.86. The van der Waals surface area contributed by atoms with E-state index in [1.807, 2.05) is 13.8 Å². The van der Waals surface area contributed by atoms with E-state index < -0.39 is 5.60 Å². The zero-order valence-corrected chi connectivity index (χ0v) is 10.3. The van der Waals surface area contributed by atoms with Crippen LogP contribution in [0.2, 0.25) is 0 Å². The molecule has 0 spiro atoms. The van der Waals surface area contributed by atoms with Crippen LogP contribution in [0.4, 0.5) is 0 Å². The average Bonchev–Trinajstić information content (AvgIpc) is 2.96. The van der Waals surface area contributed by atoms with Crippen molar-refractivity contribution < 1.29 is 14.3 Å². The van der Waals surface area contributed by atoms with Crippen LogP contribution < -0.4 is 0 Å². The molecule has 0 aromatic heterocycles. The van der Waals surface area contributed by atoms with Crippen molar-refractivity contribution in [3.8, 4) is 0 Å². The highest BCUT2D eigenvalue weighted by Crippen LogP contribution is 2.55. The van der Waals surface area contributed by atoms with E-state index in [0.717, 1.165) is 19.3 Å². The van der Waals surface area contributed by atoms with Gasteiger partial charge >= 0.3 is 5.97 Å². The van der Waals surface area contributed by atoms with Crippen molar-refractivity contribution >= 4 is 5.97 Å². The Kier molecular flexibility index (Phi) is 3.77. The normalized spacial score (nSPS) is 27.5. The van der Waals surface area contributed by atoms with Crippen LogP contribution in [0.5, 0.6) is 0 Å². The topological polar surface area (TPSA) is 38.8 Å². The second kappa shape index (κ2) is 4.52. The molecule has 1 heterocycles. The fraction of sp³-hybridized carbons (Fsp3) is 0.917. The van der Waals surface area contributed by atoms with Crippen LogP contribution in [0.3, 0.4) is 0 Å². The van der Waals surface area contributed by atoms with Crippen molar-refractivity contribution in [2.24, 2.45) is 0 Å². The van der Waals surface area contributed by atoms with Crippen molar-refractivity contribution in [3.63, 3.8) is 0 Å². The quantitative estimate of drug-likeness (QED) is 0.504. The third-order valence-corrected chi connectivity index (χ3v) is 3.47. The summed E-state index contributed by atoms with van der Waals surface area (Å²) in [5.41, 5.74) is -0.905. The lowest BCUT2D eigenvalue weighted by Crippen LogP contribution is -2.35. The molecular weight excluding hydrogens is 192 g/mol. The standard InChI is InChI=1S/C12H22O3/c1-5-9-14-10(13)12(8-4)11(6-2,7-3)15-12/h5-9H2,1-4H3. The van der Waals surface area contributed by atoms with Crippen LogP contribution in [0.1, 0.15) is 53.4 Å². The van der Waals surface area contributed by atoms with Crippen LogP contribution in [-0.4, -0.2) is 23.8 Å². The van der Waals surface area contributed by atoms with Gasteiger partial charge in [0.05, 0.1) is 6.61 Å². The number of ether oxygens (including phenoxy) is 2. The predicted molar refractivity (Wildman–Crippen MR) is 58.7 cm³/mol. The molecule has 0 saturated carbocycles. The first-order chi connectivity index (χ1) is 7.12. The van der Waals surface area contributed by atoms with Gasteiger partial charge in [0.25, 0.3) is 0 Å². The van der Waals surface area contributed by atoms with Gasteiger partial charge in [-0.15, -0.1) is 0 Å². The molecule has 0 aromatic rings. The van der Waals surface area contributed by atoms with Crippen LogP contribution in [0.25, 0.3) is 0 Å². The molecule has 1 rings (SSSR count). The van der Waals surface area contributed by atoms with E-state index in [1.54, 1.807) is 0 Å². The van der Waals surface area contributed by atoms with E-state index in [4.69, 9.17) is 9.47 Å². The van der Waals surface area contributed by atoms with Gasteiger partial charge in [-0.1, -0.05) is 27.7 Å². The molecule has 1 unspecified atom stereocenters. The molecule has 15 heavy (non-hydrogen) atoms. The molecule has 88 valence electrons. The van der Waals surface area contributed by atoms with Crippen molar-refractivity contribution in [2.45, 2.75) is 64.6 Å². The summed E-state index contributed by atoms with van der Waals surface area (Å²) in [6, 6.07) is 0. The SMILES string of the molecule is CCCOC(=O)C1(CC)OC1(CC)CC. The minimum Gasteiger partial charge on any atom is -0.463 e. The van der Waals surface area contributed by atoms with E-state index in [0.29, 0.717) is 13.0 Å². The number of esters is 1. The van der Waals surface area contributed by atoms with Gasteiger partial charge in [0.15, 0.2) is 5.60 Å². The molecule has 3 nitrogen and oxygen atoms in total. The Labute approximate surface area is 92.1 Å². The molecule has 0 bridgehead atoms. The molecule has 1 atom stereocenters. The number of rotatable bonds is 6. The average molecular weight is 214 g/mol. The largest absolute Gasteiger partial charge is 0.463 e. The molecule has 0 amide bonds. The van der Waals surface area contributed by atoms with Gasteiger partial charge in [-0.2, -0.15) is 0 Å². The summed E-state index contributed by atoms with van der Waals surface area (Å²) in [4.78, 5) is 11.9. The summed E-state index contributed by atoms with van der Waals surface area (Å²) < 4.78 is 10.9. The summed E-state index contributed by atoms with van der Waals surface area (Å²) in [6.07, 6.45) is 3.31. The number of hydrogen-bond acceptors (Lipinski definition) is 3. The van der Waals surface area contributed by atoms with Crippen LogP contribution in [-0.2, 0) is 14.3 Å². The molecule has 0 aliphatic carbocycles. The molecule has 1 fully saturated rings. The Morgan fingerprint density at radius 2 is 1.73 bits per heavy atom. The highest BCUT2D eigenvalue weighted by atomic mass is 16.7. The Morgan fingerprint density at radius 1 is 1.13 bits per heavy atom. The lowest BCUT2D eigenvalue weighted by molar-refractivity contribution is -0.150. The molecule has 0 N–H and O–H groups in total. The van der Waals surface area contributed by atoms with Crippen LogP contribution >= 0.6 is 0 Å². The monoisotopic (exact) mass is 214 g/mol. The molecule has 0 radical (unpaired) electrons. The highest BCUT2D eigenvalue weighted by molar-refractivity contribution is 5.84. The fourth-order valence-corrected chi connectivity index (χ4v) is 2.35. The van der Waals surface area contributed by atoms with E-state index >= 15 is 0 Å². The third-order valence-electron chi connectivity index (χ3n) is 3.47. The maximum absolute atomic E-state index is 11.9. The zero-order valence-electron chi connectivity index (χ0n) is 10.3. The van der Waals surface area contributed by atoms with Gasteiger partial charge in [0, 0.05) is 0 Å². The zero-order chi connectivity index (χ0) is 11.5. The predicted octanol–water partition coefficient (Wildman–Crippen LogP) is 2.68. The minimum absolute atomic E-state index is 0.171. The van der Waals surface area contributed by atoms with Gasteiger partial charge in [0.1, 0.15) is 5.60 Å². The maximum atomic E-state index is 11.9. The first-order valence-electron chi connectivity index (χ1n) is 5.99. The van der Waals surface area contributed by atoms with Crippen LogP contribution in [0.15, 0.2) is 0 Å². The molecule has 1 aliphatic rings. The van der Waals surface area contributed by atoms with Gasteiger partial charge in [-0.05, 0) is 25.7 Å². The Hall–Kier alpha value is -0.570. The second-order valence-corrected chi connectivity index (χ2v) is 4.12. The van der Waals surface area contributed by atoms with Gasteiger partial charge in [0.2, 0.25) is 0 Å². The fourth-order valence-electron chi connectivity index (χ4n) is 2.35. The Morgan fingerprint density at radius 3 is 2.07 bits per heavy atom. The first kappa shape index (κ1) is 12.5. The lowest BCUT2D eigenvalue weighted by Gasteiger charge is -2.15. The van der Waals surface area contributed by atoms with Gasteiger partial charge in [-0.3, -0.25) is 0 Å². The van der Waals surface area contributed by atoms with E-state index in [1.165, 1.54) is 0 Å². The smallest absolute Gasteiger partial charge is 0.341 e. The van der Waals surface area contributed by atoms with Crippen molar-refractivity contribution in [1.29, 1.82) is 0 Å². The van der Waals surface area contributed by atoms with E-state index in [-0.39, 0.29) is 11.6 Å². The minimum atomic E-state index is -0.647. The summed E-state index contributed by atoms with van der Waals surface area (Å²) >= 11 is 0. The third kappa shape index (κ3) is 1.78. The van der Waals surface area contributed by atoms with Gasteiger partial charge < -0.3 is 9.47 Å². The summed E-state index contributed by atoms with van der Waals surface area (Å²) in [7, 11) is 0. The molecule has 3 heteroatoms. The molecular formula is C12H22O3. The Balaban J connectivity index is 2.69. The molecule has 1 aliphatic heterocycles. The van der Waals surface area contributed by atoms with Crippen molar-refractivity contribution in [1.82, 2.24) is 0 Å². The van der Waals surface area contributed by atoms with Crippen molar-refractivity contribution in [2.75, 3.05) is 6.61 Å². The van der Waals surface area contributed by atoms with E-state index in [2.05, 4.69) is 13.8 Å². The molecule has 1 saturated heterocycles. The number of epoxide rings is 1. The Bertz CT molecular complexity index is 233. The van der Waals surface area contributed by atoms with Gasteiger partial charge in [-0.25, -0.2) is 4.79 Å².